The molecule has 2 aromatic heterocycles. The molecule has 7 rings (SSSR count). The number of nitrogens with two attached hydrogens (primary N) is 1. The molecule has 1 saturated carbocycles. The van der Waals surface area contributed by atoms with Gasteiger partial charge >= 0.3 is 0 Å². The lowest BCUT2D eigenvalue weighted by atomic mass is 9.95. The summed E-state index contributed by atoms with van der Waals surface area (Å²) in [5.74, 6) is 3.09. The van der Waals surface area contributed by atoms with E-state index in [0.29, 0.717) is 42.2 Å². The lowest BCUT2D eigenvalue weighted by Gasteiger charge is -2.32. The van der Waals surface area contributed by atoms with Gasteiger partial charge in [0.25, 0.3) is 5.91 Å². The van der Waals surface area contributed by atoms with E-state index >= 15 is 0 Å². The summed E-state index contributed by atoms with van der Waals surface area (Å²) in [4.78, 5) is 20.6. The van der Waals surface area contributed by atoms with Gasteiger partial charge in [0.15, 0.2) is 5.82 Å². The van der Waals surface area contributed by atoms with Crippen LogP contribution in [0.1, 0.15) is 47.5 Å². The molecule has 0 radical (unpaired) electrons. The molecule has 3 aliphatic rings. The van der Waals surface area contributed by atoms with E-state index < -0.39 is 0 Å². The van der Waals surface area contributed by atoms with E-state index in [-0.39, 0.29) is 5.91 Å². The van der Waals surface area contributed by atoms with Crippen LogP contribution in [0.25, 0.3) is 33.5 Å². The van der Waals surface area contributed by atoms with Crippen LogP contribution in [0.15, 0.2) is 36.4 Å². The van der Waals surface area contributed by atoms with Crippen molar-refractivity contribution in [2.24, 2.45) is 24.6 Å². The lowest BCUT2D eigenvalue weighted by Crippen LogP contribution is -2.42. The first-order chi connectivity index (χ1) is 19.1. The molecule has 3 fully saturated rings. The highest BCUT2D eigenvalue weighted by Crippen LogP contribution is 2.40. The van der Waals surface area contributed by atoms with Crippen molar-refractivity contribution in [3.8, 4) is 17.3 Å². The predicted octanol–water partition coefficient (Wildman–Crippen LogP) is 4.54. The van der Waals surface area contributed by atoms with Crippen LogP contribution in [0.4, 0.5) is 0 Å². The van der Waals surface area contributed by atoms with Gasteiger partial charge in [-0.3, -0.25) is 4.79 Å². The Hall–Kier alpha value is -3.36. The number of hydrogen-bond donors (Lipinski definition) is 1. The summed E-state index contributed by atoms with van der Waals surface area (Å²) in [6.07, 6.45) is 4.62. The van der Waals surface area contributed by atoms with Gasteiger partial charge in [-0.15, -0.1) is 0 Å². The van der Waals surface area contributed by atoms with Crippen LogP contribution in [0.2, 0.25) is 0 Å². The number of nitrogens with zero attached hydrogens (tertiary/aromatic N) is 4. The number of carbonyl (C=O) groups excluding carboxylic acids is 1. The molecule has 8 nitrogen and oxygen atoms in total. The maximum Gasteiger partial charge on any atom is 0.254 e. The summed E-state index contributed by atoms with van der Waals surface area (Å²) >= 11 is 0. The number of amides is 1. The monoisotopic (exact) mass is 527 g/mol. The first-order valence-electron chi connectivity index (χ1n) is 14.3. The summed E-state index contributed by atoms with van der Waals surface area (Å²) in [5, 5.41) is 1.24. The first kappa shape index (κ1) is 24.7. The highest BCUT2D eigenvalue weighted by molar-refractivity contribution is 6.00. The van der Waals surface area contributed by atoms with Crippen molar-refractivity contribution in [2.45, 2.75) is 38.1 Å². The number of fused-ring (bicyclic) bond motifs is 2. The number of imidazole rings is 1. The number of hydrogen-bond acceptors (Lipinski definition) is 5. The van der Waals surface area contributed by atoms with Gasteiger partial charge in [-0.05, 0) is 67.8 Å². The lowest BCUT2D eigenvalue weighted by molar-refractivity contribution is 0.00887. The molecule has 1 aliphatic carbocycles. The van der Waals surface area contributed by atoms with E-state index in [1.54, 1.807) is 7.11 Å². The van der Waals surface area contributed by atoms with Gasteiger partial charge in [-0.2, -0.15) is 0 Å². The zero-order valence-corrected chi connectivity index (χ0v) is 22.9. The van der Waals surface area contributed by atoms with Gasteiger partial charge < -0.3 is 29.2 Å². The minimum Gasteiger partial charge on any atom is -0.494 e. The van der Waals surface area contributed by atoms with Crippen molar-refractivity contribution >= 4 is 27.8 Å². The molecular weight excluding hydrogens is 490 g/mol. The third kappa shape index (κ3) is 4.21. The third-order valence-electron chi connectivity index (χ3n) is 8.94. The fraction of sp³-hybridized carbons (Fsp3) is 0.484. The van der Waals surface area contributed by atoms with Gasteiger partial charge in [0.1, 0.15) is 11.3 Å². The van der Waals surface area contributed by atoms with Crippen LogP contribution >= 0.6 is 0 Å². The first-order valence-corrected chi connectivity index (χ1v) is 14.3. The number of aromatic nitrogens is 3. The number of benzene rings is 2. The Balaban J connectivity index is 1.35. The standard InChI is InChI=1S/C31H37N5O3/c1-34-29-25(11-22(13-27(29)38-2)31(37)35-10-4-5-20(14-32)15-35)33-30(34)26-12-21-6-3-7-24(23-17-39-18-23)28(21)36(26)16-19-8-9-19/h3,6-7,11-13,19-20,23H,4-5,8-10,14-18,32H2,1-2H3/t20-/m0/s1. The average molecular weight is 528 g/mol. The molecule has 39 heavy (non-hydrogen) atoms. The van der Waals surface area contributed by atoms with E-state index in [9.17, 15) is 4.79 Å². The third-order valence-corrected chi connectivity index (χ3v) is 8.94. The second kappa shape index (κ2) is 9.68. The molecule has 2 aromatic carbocycles. The highest BCUT2D eigenvalue weighted by atomic mass is 16.5. The van der Waals surface area contributed by atoms with Crippen molar-refractivity contribution in [1.29, 1.82) is 0 Å². The van der Waals surface area contributed by atoms with Gasteiger partial charge in [0.05, 0.1) is 37.1 Å². The Morgan fingerprint density at radius 2 is 1.97 bits per heavy atom. The second-order valence-electron chi connectivity index (χ2n) is 11.6. The Kier molecular flexibility index (Phi) is 6.12. The number of carbonyl (C=O) groups is 1. The Morgan fingerprint density at radius 1 is 1.13 bits per heavy atom. The topological polar surface area (TPSA) is 87.5 Å². The highest BCUT2D eigenvalue weighted by Gasteiger charge is 2.30. The van der Waals surface area contributed by atoms with Gasteiger partial charge in [-0.1, -0.05) is 18.2 Å². The van der Waals surface area contributed by atoms with Crippen molar-refractivity contribution in [2.75, 3.05) is 40.0 Å². The Bertz CT molecular complexity index is 1560. The minimum absolute atomic E-state index is 0.0239. The number of methoxy groups -OCH3 is 1. The van der Waals surface area contributed by atoms with E-state index in [1.165, 1.54) is 29.3 Å². The largest absolute Gasteiger partial charge is 0.494 e. The van der Waals surface area contributed by atoms with Crippen LogP contribution < -0.4 is 10.5 Å². The summed E-state index contributed by atoms with van der Waals surface area (Å²) in [6.45, 7) is 4.64. The maximum atomic E-state index is 13.6. The molecule has 8 heteroatoms. The van der Waals surface area contributed by atoms with E-state index in [4.69, 9.17) is 20.2 Å². The fourth-order valence-electron chi connectivity index (χ4n) is 6.48. The van der Waals surface area contributed by atoms with Gasteiger partial charge in [0, 0.05) is 43.5 Å². The van der Waals surface area contributed by atoms with Crippen molar-refractivity contribution < 1.29 is 14.3 Å². The summed E-state index contributed by atoms with van der Waals surface area (Å²) in [5.41, 5.74) is 12.0. The van der Waals surface area contributed by atoms with Crippen LogP contribution in [-0.2, 0) is 18.3 Å². The number of aryl methyl sites for hydroxylation is 1. The van der Waals surface area contributed by atoms with Gasteiger partial charge in [-0.25, -0.2) is 4.98 Å². The van der Waals surface area contributed by atoms with Crippen LogP contribution in [0.3, 0.4) is 0 Å². The quantitative estimate of drug-likeness (QED) is 0.381. The molecule has 4 heterocycles. The SMILES string of the molecule is COc1cc(C(=O)N2CCC[C@@H](CN)C2)cc2nc(-c3cc4cccc(C5COC5)c4n3CC3CC3)n(C)c12. The van der Waals surface area contributed by atoms with Crippen LogP contribution in [0.5, 0.6) is 5.75 Å². The molecule has 2 saturated heterocycles. The average Bonchev–Trinajstić information content (AvgIpc) is 3.59. The molecule has 0 spiro atoms. The van der Waals surface area contributed by atoms with Crippen LogP contribution in [0, 0.1) is 11.8 Å². The number of piperidine rings is 1. The summed E-state index contributed by atoms with van der Waals surface area (Å²) < 4.78 is 16.0. The number of ether oxygens (including phenoxy) is 2. The molecule has 204 valence electrons. The van der Waals surface area contributed by atoms with E-state index in [2.05, 4.69) is 33.4 Å². The van der Waals surface area contributed by atoms with Crippen LogP contribution in [-0.4, -0.2) is 64.9 Å². The van der Waals surface area contributed by atoms with Crippen molar-refractivity contribution in [3.05, 3.63) is 47.5 Å². The Labute approximate surface area is 228 Å². The molecule has 2 N–H and O–H groups in total. The molecule has 1 amide bonds. The molecule has 0 bridgehead atoms. The van der Waals surface area contributed by atoms with Gasteiger partial charge in [0.2, 0.25) is 0 Å². The summed E-state index contributed by atoms with van der Waals surface area (Å²) in [7, 11) is 3.71. The molecule has 4 aromatic rings. The molecular formula is C31H37N5O3. The van der Waals surface area contributed by atoms with E-state index in [0.717, 1.165) is 61.7 Å². The molecule has 1 atom stereocenters. The number of likely N-dealkylation sites (tertiary alicyclic amines) is 1. The second-order valence-corrected chi connectivity index (χ2v) is 11.6. The zero-order valence-electron chi connectivity index (χ0n) is 22.9. The number of rotatable bonds is 7. The Morgan fingerprint density at radius 3 is 2.69 bits per heavy atom. The van der Waals surface area contributed by atoms with Crippen molar-refractivity contribution in [1.82, 2.24) is 19.0 Å². The number of para-hydroxylation sites is 1. The summed E-state index contributed by atoms with van der Waals surface area (Å²) in [6, 6.07) is 12.7. The fourth-order valence-corrected chi connectivity index (χ4v) is 6.48. The van der Waals surface area contributed by atoms with Crippen molar-refractivity contribution in [3.63, 3.8) is 0 Å². The zero-order chi connectivity index (χ0) is 26.7. The normalized spacial score (nSPS) is 20.1. The smallest absolute Gasteiger partial charge is 0.254 e. The molecule has 2 aliphatic heterocycles. The predicted molar refractivity (Wildman–Crippen MR) is 152 cm³/mol. The molecule has 0 unspecified atom stereocenters. The minimum atomic E-state index is 0.0239. The maximum absolute atomic E-state index is 13.6. The van der Waals surface area contributed by atoms with E-state index in [1.807, 2.05) is 24.1 Å².